The van der Waals surface area contributed by atoms with Gasteiger partial charge in [0.2, 0.25) is 0 Å². The number of halogens is 1. The maximum atomic E-state index is 11.9. The first-order valence-electron chi connectivity index (χ1n) is 4.28. The minimum atomic E-state index is -0.974. The van der Waals surface area contributed by atoms with Crippen molar-refractivity contribution in [2.24, 2.45) is 0 Å². The van der Waals surface area contributed by atoms with Crippen LogP contribution in [-0.2, 0) is 11.2 Å². The summed E-state index contributed by atoms with van der Waals surface area (Å²) in [5.41, 5.74) is 1.72. The van der Waals surface area contributed by atoms with Crippen molar-refractivity contribution >= 4 is 12.0 Å². The molecule has 2 nitrogen and oxygen atoms in total. The Balaban J connectivity index is 2.68. The van der Waals surface area contributed by atoms with Crippen molar-refractivity contribution in [2.45, 2.75) is 6.42 Å². The molecule has 0 saturated heterocycles. The van der Waals surface area contributed by atoms with Crippen molar-refractivity contribution in [3.63, 3.8) is 0 Å². The molecule has 0 aliphatic heterocycles. The predicted octanol–water partition coefficient (Wildman–Crippen LogP) is 2.30. The van der Waals surface area contributed by atoms with Gasteiger partial charge in [0.15, 0.2) is 0 Å². The van der Waals surface area contributed by atoms with Crippen LogP contribution in [0, 0.1) is 0 Å². The van der Waals surface area contributed by atoms with E-state index in [0.29, 0.717) is 6.42 Å². The number of benzene rings is 1. The largest absolute Gasteiger partial charge is 0.478 e. The summed E-state index contributed by atoms with van der Waals surface area (Å²) in [6.07, 6.45) is 2.98. The number of aryl methyl sites for hydroxylation is 1. The molecule has 1 aromatic rings. The van der Waals surface area contributed by atoms with Crippen LogP contribution in [0.5, 0.6) is 0 Å². The number of carboxylic acids is 1. The summed E-state index contributed by atoms with van der Waals surface area (Å²) < 4.78 is 11.9. The van der Waals surface area contributed by atoms with Gasteiger partial charge in [0.1, 0.15) is 0 Å². The SMILES string of the molecule is O=C(O)/C=C/c1ccc(CCF)cc1. The third kappa shape index (κ3) is 3.39. The number of carboxylic acid groups (broad SMARTS) is 1. The number of alkyl halides is 1. The molecule has 74 valence electrons. The molecule has 0 amide bonds. The molecule has 1 aromatic carbocycles. The van der Waals surface area contributed by atoms with E-state index >= 15 is 0 Å². The summed E-state index contributed by atoms with van der Waals surface area (Å²) in [5.74, 6) is -0.974. The van der Waals surface area contributed by atoms with Crippen LogP contribution in [0.15, 0.2) is 30.3 Å². The molecule has 0 bridgehead atoms. The lowest BCUT2D eigenvalue weighted by molar-refractivity contribution is -0.131. The number of aliphatic carboxylic acids is 1. The van der Waals surface area contributed by atoms with Gasteiger partial charge in [-0.05, 0) is 17.2 Å². The Morgan fingerprint density at radius 3 is 2.50 bits per heavy atom. The van der Waals surface area contributed by atoms with Gasteiger partial charge in [-0.1, -0.05) is 24.3 Å². The van der Waals surface area contributed by atoms with Crippen molar-refractivity contribution in [1.29, 1.82) is 0 Å². The van der Waals surface area contributed by atoms with E-state index in [1.807, 2.05) is 0 Å². The number of hydrogen-bond acceptors (Lipinski definition) is 1. The first-order chi connectivity index (χ1) is 6.72. The highest BCUT2D eigenvalue weighted by Crippen LogP contribution is 2.06. The zero-order valence-corrected chi connectivity index (χ0v) is 7.61. The number of carbonyl (C=O) groups is 1. The molecule has 0 aliphatic carbocycles. The Morgan fingerprint density at radius 2 is 2.00 bits per heavy atom. The van der Waals surface area contributed by atoms with E-state index in [1.165, 1.54) is 6.08 Å². The molecule has 0 heterocycles. The number of rotatable bonds is 4. The fourth-order valence-electron chi connectivity index (χ4n) is 1.07. The Bertz CT molecular complexity index is 328. The van der Waals surface area contributed by atoms with E-state index < -0.39 is 5.97 Å². The van der Waals surface area contributed by atoms with Gasteiger partial charge in [0.25, 0.3) is 0 Å². The van der Waals surface area contributed by atoms with Crippen molar-refractivity contribution in [3.05, 3.63) is 41.5 Å². The van der Waals surface area contributed by atoms with Crippen LogP contribution in [0.3, 0.4) is 0 Å². The van der Waals surface area contributed by atoms with E-state index in [0.717, 1.165) is 17.2 Å². The molecule has 0 atom stereocenters. The van der Waals surface area contributed by atoms with Crippen LogP contribution < -0.4 is 0 Å². The van der Waals surface area contributed by atoms with Crippen LogP contribution in [-0.4, -0.2) is 17.8 Å². The Hall–Kier alpha value is -1.64. The second-order valence-corrected chi connectivity index (χ2v) is 2.85. The molecule has 0 saturated carbocycles. The predicted molar refractivity (Wildman–Crippen MR) is 52.8 cm³/mol. The van der Waals surface area contributed by atoms with E-state index in [9.17, 15) is 9.18 Å². The molecular formula is C11H11FO2. The molecule has 1 rings (SSSR count). The van der Waals surface area contributed by atoms with Gasteiger partial charge in [-0.15, -0.1) is 0 Å². The number of hydrogen-bond donors (Lipinski definition) is 1. The third-order valence-electron chi connectivity index (χ3n) is 1.78. The van der Waals surface area contributed by atoms with Gasteiger partial charge in [0, 0.05) is 12.5 Å². The zero-order valence-electron chi connectivity index (χ0n) is 7.61. The fourth-order valence-corrected chi connectivity index (χ4v) is 1.07. The van der Waals surface area contributed by atoms with Gasteiger partial charge < -0.3 is 5.11 Å². The van der Waals surface area contributed by atoms with E-state index in [2.05, 4.69) is 0 Å². The van der Waals surface area contributed by atoms with E-state index in [4.69, 9.17) is 5.11 Å². The van der Waals surface area contributed by atoms with Gasteiger partial charge in [-0.2, -0.15) is 0 Å². The highest BCUT2D eigenvalue weighted by atomic mass is 19.1. The standard InChI is InChI=1S/C11H11FO2/c12-8-7-10-3-1-9(2-4-10)5-6-11(13)14/h1-6H,7-8H2,(H,13,14)/b6-5+. The fraction of sp³-hybridized carbons (Fsp3) is 0.182. The first kappa shape index (κ1) is 10.4. The topological polar surface area (TPSA) is 37.3 Å². The Kier molecular flexibility index (Phi) is 3.85. The molecule has 0 aromatic heterocycles. The zero-order chi connectivity index (χ0) is 10.4. The first-order valence-corrected chi connectivity index (χ1v) is 4.28. The molecular weight excluding hydrogens is 183 g/mol. The Morgan fingerprint density at radius 1 is 1.36 bits per heavy atom. The second kappa shape index (κ2) is 5.17. The van der Waals surface area contributed by atoms with Crippen molar-refractivity contribution in [2.75, 3.05) is 6.67 Å². The van der Waals surface area contributed by atoms with Gasteiger partial charge in [-0.25, -0.2) is 4.79 Å². The summed E-state index contributed by atoms with van der Waals surface area (Å²) in [6, 6.07) is 7.12. The van der Waals surface area contributed by atoms with Crippen molar-refractivity contribution < 1.29 is 14.3 Å². The molecule has 0 unspecified atom stereocenters. The van der Waals surface area contributed by atoms with Crippen molar-refractivity contribution in [1.82, 2.24) is 0 Å². The van der Waals surface area contributed by atoms with Gasteiger partial charge >= 0.3 is 5.97 Å². The smallest absolute Gasteiger partial charge is 0.328 e. The summed E-state index contributed by atoms with van der Waals surface area (Å²) in [7, 11) is 0. The lowest BCUT2D eigenvalue weighted by Crippen LogP contribution is -1.87. The minimum absolute atomic E-state index is 0.371. The average Bonchev–Trinajstić information content (AvgIpc) is 2.17. The van der Waals surface area contributed by atoms with Gasteiger partial charge in [-0.3, -0.25) is 4.39 Å². The summed E-state index contributed by atoms with van der Waals surface area (Å²) in [6.45, 7) is -0.371. The van der Waals surface area contributed by atoms with Crippen LogP contribution >= 0.6 is 0 Å². The maximum Gasteiger partial charge on any atom is 0.328 e. The van der Waals surface area contributed by atoms with Crippen LogP contribution in [0.2, 0.25) is 0 Å². The average molecular weight is 194 g/mol. The molecule has 0 spiro atoms. The highest BCUT2D eigenvalue weighted by molar-refractivity contribution is 5.85. The normalized spacial score (nSPS) is 10.6. The lowest BCUT2D eigenvalue weighted by Gasteiger charge is -1.97. The summed E-state index contributed by atoms with van der Waals surface area (Å²) >= 11 is 0. The maximum absolute atomic E-state index is 11.9. The lowest BCUT2D eigenvalue weighted by atomic mass is 10.1. The second-order valence-electron chi connectivity index (χ2n) is 2.85. The molecule has 1 N–H and O–H groups in total. The molecule has 0 fully saturated rings. The molecule has 0 radical (unpaired) electrons. The minimum Gasteiger partial charge on any atom is -0.478 e. The van der Waals surface area contributed by atoms with Crippen LogP contribution in [0.1, 0.15) is 11.1 Å². The van der Waals surface area contributed by atoms with Crippen molar-refractivity contribution in [3.8, 4) is 0 Å². The van der Waals surface area contributed by atoms with Crippen LogP contribution in [0.4, 0.5) is 4.39 Å². The summed E-state index contributed by atoms with van der Waals surface area (Å²) in [5, 5.41) is 8.38. The molecule has 3 heteroatoms. The molecule has 0 aliphatic rings. The Labute approximate surface area is 81.7 Å². The van der Waals surface area contributed by atoms with E-state index in [1.54, 1.807) is 24.3 Å². The monoisotopic (exact) mass is 194 g/mol. The van der Waals surface area contributed by atoms with E-state index in [-0.39, 0.29) is 6.67 Å². The van der Waals surface area contributed by atoms with Gasteiger partial charge in [0.05, 0.1) is 6.67 Å². The summed E-state index contributed by atoms with van der Waals surface area (Å²) in [4.78, 5) is 10.2. The quantitative estimate of drug-likeness (QED) is 0.747. The molecule has 14 heavy (non-hydrogen) atoms. The third-order valence-corrected chi connectivity index (χ3v) is 1.78. The highest BCUT2D eigenvalue weighted by Gasteiger charge is 1.92. The van der Waals surface area contributed by atoms with Crippen LogP contribution in [0.25, 0.3) is 6.08 Å².